The van der Waals surface area contributed by atoms with Gasteiger partial charge in [-0.3, -0.25) is 0 Å². The minimum atomic E-state index is -0.0596. The zero-order valence-corrected chi connectivity index (χ0v) is 26.5. The standard InChI is InChI=1S/C44H32N4/c45-28-29-20-22-35-36-23-21-32(27-40(36)44(39(35)26-29)24-9-2-10-25-44)34-17-7-8-18-37(34)42-46-41(31-13-3-1-4-14-31)47-43(48-42)38-19-11-15-30-12-5-6-16-33(30)38/h1,3-8,11-23,26-27H,2,9-10,24-25H2. The second kappa shape index (κ2) is 11.4. The molecule has 6 aromatic carbocycles. The average Bonchev–Trinajstić information content (AvgIpc) is 3.42. The van der Waals surface area contributed by atoms with Gasteiger partial charge in [0.05, 0.1) is 11.6 Å². The van der Waals surface area contributed by atoms with Crippen LogP contribution >= 0.6 is 0 Å². The second-order valence-corrected chi connectivity index (χ2v) is 13.0. The summed E-state index contributed by atoms with van der Waals surface area (Å²) in [5.74, 6) is 1.96. The number of aromatic nitrogens is 3. The van der Waals surface area contributed by atoms with E-state index in [4.69, 9.17) is 15.0 Å². The quantitative estimate of drug-likeness (QED) is 0.197. The summed E-state index contributed by atoms with van der Waals surface area (Å²) in [5, 5.41) is 12.0. The summed E-state index contributed by atoms with van der Waals surface area (Å²) in [4.78, 5) is 15.4. The fraction of sp³-hybridized carbons (Fsp3) is 0.136. The smallest absolute Gasteiger partial charge is 0.164 e. The minimum absolute atomic E-state index is 0.0596. The Morgan fingerprint density at radius 1 is 0.479 bits per heavy atom. The number of rotatable bonds is 4. The molecule has 0 aliphatic heterocycles. The maximum Gasteiger partial charge on any atom is 0.164 e. The Kier molecular flexibility index (Phi) is 6.73. The van der Waals surface area contributed by atoms with Gasteiger partial charge in [-0.2, -0.15) is 5.26 Å². The van der Waals surface area contributed by atoms with Crippen LogP contribution in [0.3, 0.4) is 0 Å². The van der Waals surface area contributed by atoms with Crippen LogP contribution in [-0.2, 0) is 5.41 Å². The van der Waals surface area contributed by atoms with Crippen molar-refractivity contribution in [3.63, 3.8) is 0 Å². The lowest BCUT2D eigenvalue weighted by molar-refractivity contribution is 0.353. The van der Waals surface area contributed by atoms with Crippen LogP contribution in [-0.4, -0.2) is 15.0 Å². The van der Waals surface area contributed by atoms with Gasteiger partial charge in [0.2, 0.25) is 0 Å². The summed E-state index contributed by atoms with van der Waals surface area (Å²) in [6.45, 7) is 0. The topological polar surface area (TPSA) is 62.5 Å². The van der Waals surface area contributed by atoms with Crippen LogP contribution < -0.4 is 0 Å². The number of benzene rings is 6. The molecule has 0 bridgehead atoms. The van der Waals surface area contributed by atoms with Crippen molar-refractivity contribution in [1.82, 2.24) is 15.0 Å². The van der Waals surface area contributed by atoms with E-state index in [2.05, 4.69) is 115 Å². The van der Waals surface area contributed by atoms with Gasteiger partial charge in [0.25, 0.3) is 0 Å². The van der Waals surface area contributed by atoms with Crippen LogP contribution in [0, 0.1) is 11.3 Å². The summed E-state index contributed by atoms with van der Waals surface area (Å²) in [6, 6.07) is 48.9. The normalized spacial score (nSPS) is 14.4. The van der Waals surface area contributed by atoms with Crippen LogP contribution in [0.5, 0.6) is 0 Å². The number of fused-ring (bicyclic) bond motifs is 6. The fourth-order valence-corrected chi connectivity index (χ4v) is 8.11. The van der Waals surface area contributed by atoms with E-state index in [1.165, 1.54) is 41.5 Å². The van der Waals surface area contributed by atoms with Crippen molar-refractivity contribution in [2.75, 3.05) is 0 Å². The third-order valence-corrected chi connectivity index (χ3v) is 10.4. The molecule has 1 fully saturated rings. The Bertz CT molecular complexity index is 2390. The van der Waals surface area contributed by atoms with Gasteiger partial charge in [-0.15, -0.1) is 0 Å². The molecule has 1 saturated carbocycles. The number of nitriles is 1. The SMILES string of the molecule is N#Cc1ccc2c(c1)C1(CCCCC1)c1cc(-c3ccccc3-c3nc(-c4ccccc4)nc(-c4cccc5ccccc45)n3)ccc1-2. The van der Waals surface area contributed by atoms with Gasteiger partial charge >= 0.3 is 0 Å². The van der Waals surface area contributed by atoms with Crippen molar-refractivity contribution in [2.24, 2.45) is 0 Å². The Morgan fingerprint density at radius 3 is 1.92 bits per heavy atom. The Hall–Kier alpha value is -5.92. The predicted octanol–water partition coefficient (Wildman–Crippen LogP) is 10.8. The molecular weight excluding hydrogens is 585 g/mol. The molecule has 1 heterocycles. The summed E-state index contributed by atoms with van der Waals surface area (Å²) in [5.41, 5.74) is 11.1. The molecule has 0 saturated heterocycles. The highest BCUT2D eigenvalue weighted by Crippen LogP contribution is 2.56. The maximum absolute atomic E-state index is 9.77. The number of hydrogen-bond acceptors (Lipinski definition) is 4. The summed E-state index contributed by atoms with van der Waals surface area (Å²) in [7, 11) is 0. The largest absolute Gasteiger partial charge is 0.208 e. The van der Waals surface area contributed by atoms with E-state index in [0.717, 1.165) is 57.0 Å². The lowest BCUT2D eigenvalue weighted by Gasteiger charge is -2.36. The molecule has 4 heteroatoms. The van der Waals surface area contributed by atoms with Crippen molar-refractivity contribution in [2.45, 2.75) is 37.5 Å². The van der Waals surface area contributed by atoms with Gasteiger partial charge < -0.3 is 0 Å². The first-order chi connectivity index (χ1) is 23.7. The van der Waals surface area contributed by atoms with Crippen molar-refractivity contribution in [3.05, 3.63) is 150 Å². The molecule has 1 spiro atoms. The van der Waals surface area contributed by atoms with Crippen LogP contribution in [0.25, 0.3) is 67.2 Å². The Balaban J connectivity index is 1.23. The molecule has 9 rings (SSSR count). The van der Waals surface area contributed by atoms with Gasteiger partial charge in [-0.05, 0) is 75.2 Å². The van der Waals surface area contributed by atoms with E-state index in [1.807, 2.05) is 24.3 Å². The minimum Gasteiger partial charge on any atom is -0.208 e. The molecule has 48 heavy (non-hydrogen) atoms. The monoisotopic (exact) mass is 616 g/mol. The number of nitrogens with zero attached hydrogens (tertiary/aromatic N) is 4. The highest BCUT2D eigenvalue weighted by molar-refractivity contribution is 5.95. The van der Waals surface area contributed by atoms with E-state index in [-0.39, 0.29) is 5.41 Å². The average molecular weight is 617 g/mol. The maximum atomic E-state index is 9.77. The predicted molar refractivity (Wildman–Crippen MR) is 193 cm³/mol. The zero-order chi connectivity index (χ0) is 32.1. The Labute approximate surface area is 280 Å². The molecule has 7 aromatic rings. The van der Waals surface area contributed by atoms with E-state index < -0.39 is 0 Å². The molecule has 0 unspecified atom stereocenters. The van der Waals surface area contributed by atoms with Gasteiger partial charge in [0.15, 0.2) is 17.5 Å². The van der Waals surface area contributed by atoms with Gasteiger partial charge in [0, 0.05) is 22.1 Å². The molecule has 2 aliphatic carbocycles. The van der Waals surface area contributed by atoms with Crippen LogP contribution in [0.2, 0.25) is 0 Å². The van der Waals surface area contributed by atoms with Gasteiger partial charge in [-0.25, -0.2) is 15.0 Å². The molecule has 4 nitrogen and oxygen atoms in total. The highest BCUT2D eigenvalue weighted by Gasteiger charge is 2.44. The van der Waals surface area contributed by atoms with Crippen LogP contribution in [0.4, 0.5) is 0 Å². The van der Waals surface area contributed by atoms with E-state index in [1.54, 1.807) is 0 Å². The van der Waals surface area contributed by atoms with E-state index in [9.17, 15) is 5.26 Å². The zero-order valence-electron chi connectivity index (χ0n) is 26.5. The fourth-order valence-electron chi connectivity index (χ4n) is 8.11. The molecule has 2 aliphatic rings. The summed E-state index contributed by atoms with van der Waals surface area (Å²) in [6.07, 6.45) is 5.86. The number of hydrogen-bond donors (Lipinski definition) is 0. The Morgan fingerprint density at radius 2 is 1.10 bits per heavy atom. The molecule has 0 amide bonds. The first-order valence-electron chi connectivity index (χ1n) is 16.8. The van der Waals surface area contributed by atoms with Crippen LogP contribution in [0.1, 0.15) is 48.8 Å². The highest BCUT2D eigenvalue weighted by atomic mass is 15.0. The lowest BCUT2D eigenvalue weighted by Crippen LogP contribution is -2.28. The molecule has 0 radical (unpaired) electrons. The van der Waals surface area contributed by atoms with E-state index in [0.29, 0.717) is 17.5 Å². The summed E-state index contributed by atoms with van der Waals surface area (Å²) < 4.78 is 0. The van der Waals surface area contributed by atoms with Gasteiger partial charge in [0.1, 0.15) is 0 Å². The lowest BCUT2D eigenvalue weighted by atomic mass is 9.67. The first kappa shape index (κ1) is 28.3. The third-order valence-electron chi connectivity index (χ3n) is 10.4. The molecule has 1 aromatic heterocycles. The van der Waals surface area contributed by atoms with Crippen molar-refractivity contribution >= 4 is 10.8 Å². The molecule has 0 N–H and O–H groups in total. The molecule has 0 atom stereocenters. The molecular formula is C44H32N4. The third kappa shape index (κ3) is 4.54. The first-order valence-corrected chi connectivity index (χ1v) is 16.8. The van der Waals surface area contributed by atoms with Crippen LogP contribution in [0.15, 0.2) is 133 Å². The second-order valence-electron chi connectivity index (χ2n) is 13.0. The van der Waals surface area contributed by atoms with Crippen molar-refractivity contribution < 1.29 is 0 Å². The molecule has 228 valence electrons. The van der Waals surface area contributed by atoms with Gasteiger partial charge in [-0.1, -0.05) is 135 Å². The van der Waals surface area contributed by atoms with Crippen molar-refractivity contribution in [1.29, 1.82) is 5.26 Å². The summed E-state index contributed by atoms with van der Waals surface area (Å²) >= 11 is 0. The van der Waals surface area contributed by atoms with E-state index >= 15 is 0 Å². The van der Waals surface area contributed by atoms with Crippen molar-refractivity contribution in [3.8, 4) is 62.5 Å².